The molecule has 0 fully saturated rings. The van der Waals surface area contributed by atoms with E-state index in [2.05, 4.69) is 30.0 Å². The molecule has 0 unspecified atom stereocenters. The molecule has 0 bridgehead atoms. The summed E-state index contributed by atoms with van der Waals surface area (Å²) in [6.45, 7) is 7.11. The zero-order chi connectivity index (χ0) is 17.8. The predicted molar refractivity (Wildman–Crippen MR) is 102 cm³/mol. The molecule has 0 aliphatic carbocycles. The molecule has 24 heavy (non-hydrogen) atoms. The monoisotopic (exact) mass is 351 g/mol. The van der Waals surface area contributed by atoms with Crippen molar-refractivity contribution in [3.63, 3.8) is 0 Å². The van der Waals surface area contributed by atoms with Crippen molar-refractivity contribution in [2.24, 2.45) is 5.92 Å². The molecular formula is C18H29N3O2S. The van der Waals surface area contributed by atoms with Crippen LogP contribution < -0.4 is 20.9 Å². The van der Waals surface area contributed by atoms with Crippen molar-refractivity contribution < 1.29 is 9.53 Å². The van der Waals surface area contributed by atoms with E-state index < -0.39 is 0 Å². The fraction of sp³-hybridized carbons (Fsp3) is 0.556. The summed E-state index contributed by atoms with van der Waals surface area (Å²) < 4.78 is 5.43. The maximum Gasteiger partial charge on any atom is 0.276 e. The van der Waals surface area contributed by atoms with Gasteiger partial charge in [0.05, 0.1) is 0 Å². The van der Waals surface area contributed by atoms with Crippen LogP contribution in [0.4, 0.5) is 0 Å². The lowest BCUT2D eigenvalue weighted by molar-refractivity contribution is -0.123. The Labute approximate surface area is 150 Å². The smallest absolute Gasteiger partial charge is 0.276 e. The van der Waals surface area contributed by atoms with Gasteiger partial charge in [0.25, 0.3) is 5.91 Å². The molecule has 0 saturated carbocycles. The summed E-state index contributed by atoms with van der Waals surface area (Å²) >= 11 is 5.17. The van der Waals surface area contributed by atoms with Crippen molar-refractivity contribution in [2.75, 3.05) is 13.2 Å². The Morgan fingerprint density at radius 1 is 1.29 bits per heavy atom. The number of carbonyl (C=O) groups is 1. The molecule has 134 valence electrons. The lowest BCUT2D eigenvalue weighted by Gasteiger charge is -2.17. The average molecular weight is 352 g/mol. The standard InChI is InChI=1S/C18H29N3O2S/c1-4-6-9-15(5-2)12-19-18(24)21-20-17(22)13-23-16-10-7-8-14(3)11-16/h7-8,10-11,15H,4-6,9,12-13H2,1-3H3,(H,20,22)(H2,19,21,24)/t15-/m1/s1. The van der Waals surface area contributed by atoms with Gasteiger partial charge in [-0.15, -0.1) is 0 Å². The van der Waals surface area contributed by atoms with Gasteiger partial charge in [-0.3, -0.25) is 15.6 Å². The van der Waals surface area contributed by atoms with Crippen LogP contribution in [0.5, 0.6) is 5.75 Å². The molecule has 0 spiro atoms. The third kappa shape index (κ3) is 8.72. The van der Waals surface area contributed by atoms with Crippen LogP contribution in [0, 0.1) is 12.8 Å². The Kier molecular flexibility index (Phi) is 9.84. The van der Waals surface area contributed by atoms with E-state index in [-0.39, 0.29) is 12.5 Å². The summed E-state index contributed by atoms with van der Waals surface area (Å²) in [5, 5.41) is 3.57. The van der Waals surface area contributed by atoms with Crippen molar-refractivity contribution in [3.8, 4) is 5.75 Å². The highest BCUT2D eigenvalue weighted by Crippen LogP contribution is 2.12. The van der Waals surface area contributed by atoms with Crippen molar-refractivity contribution in [1.82, 2.24) is 16.2 Å². The van der Waals surface area contributed by atoms with E-state index in [1.54, 1.807) is 0 Å². The fourth-order valence-corrected chi connectivity index (χ4v) is 2.38. The number of unbranched alkanes of at least 4 members (excludes halogenated alkanes) is 1. The number of thiocarbonyl (C=S) groups is 1. The molecule has 3 N–H and O–H groups in total. The summed E-state index contributed by atoms with van der Waals surface area (Å²) in [6, 6.07) is 7.57. The zero-order valence-electron chi connectivity index (χ0n) is 14.9. The molecule has 0 heterocycles. The third-order valence-corrected chi connectivity index (χ3v) is 4.02. The molecule has 0 radical (unpaired) electrons. The van der Waals surface area contributed by atoms with E-state index in [4.69, 9.17) is 17.0 Å². The topological polar surface area (TPSA) is 62.4 Å². The van der Waals surface area contributed by atoms with Gasteiger partial charge in [-0.1, -0.05) is 45.2 Å². The molecule has 1 aromatic carbocycles. The Morgan fingerprint density at radius 2 is 2.08 bits per heavy atom. The molecule has 1 atom stereocenters. The minimum Gasteiger partial charge on any atom is -0.484 e. The van der Waals surface area contributed by atoms with Crippen molar-refractivity contribution in [2.45, 2.75) is 46.5 Å². The maximum absolute atomic E-state index is 11.8. The molecule has 6 heteroatoms. The second-order valence-corrected chi connectivity index (χ2v) is 6.31. The Hall–Kier alpha value is -1.82. The molecule has 0 aliphatic heterocycles. The normalized spacial score (nSPS) is 11.5. The lowest BCUT2D eigenvalue weighted by Crippen LogP contribution is -2.49. The Morgan fingerprint density at radius 3 is 2.75 bits per heavy atom. The molecule has 1 amide bonds. The summed E-state index contributed by atoms with van der Waals surface area (Å²) in [5.41, 5.74) is 6.33. The van der Waals surface area contributed by atoms with Crippen molar-refractivity contribution in [1.29, 1.82) is 0 Å². The average Bonchev–Trinajstić information content (AvgIpc) is 2.58. The molecule has 1 aromatic rings. The quantitative estimate of drug-likeness (QED) is 0.471. The number of nitrogens with one attached hydrogen (secondary N) is 3. The lowest BCUT2D eigenvalue weighted by atomic mass is 9.99. The van der Waals surface area contributed by atoms with Gasteiger partial charge >= 0.3 is 0 Å². The zero-order valence-corrected chi connectivity index (χ0v) is 15.7. The molecule has 5 nitrogen and oxygen atoms in total. The van der Waals surface area contributed by atoms with Crippen LogP contribution in [0.3, 0.4) is 0 Å². The number of hydrazine groups is 1. The van der Waals surface area contributed by atoms with Gasteiger partial charge in [-0.2, -0.15) is 0 Å². The van der Waals surface area contributed by atoms with Gasteiger partial charge < -0.3 is 10.1 Å². The Bertz CT molecular complexity index is 523. The van der Waals surface area contributed by atoms with Gasteiger partial charge in [0.15, 0.2) is 11.7 Å². The summed E-state index contributed by atoms with van der Waals surface area (Å²) in [4.78, 5) is 11.8. The second kappa shape index (κ2) is 11.7. The molecule has 1 rings (SSSR count). The highest BCUT2D eigenvalue weighted by molar-refractivity contribution is 7.80. The number of hydrogen-bond donors (Lipinski definition) is 3. The van der Waals surface area contributed by atoms with E-state index in [1.807, 2.05) is 31.2 Å². The van der Waals surface area contributed by atoms with E-state index in [0.717, 1.165) is 18.5 Å². The van der Waals surface area contributed by atoms with Crippen LogP contribution >= 0.6 is 12.2 Å². The first-order valence-corrected chi connectivity index (χ1v) is 8.98. The molecule has 0 saturated heterocycles. The van der Waals surface area contributed by atoms with Gasteiger partial charge in [-0.05, 0) is 49.2 Å². The summed E-state index contributed by atoms with van der Waals surface area (Å²) in [6.07, 6.45) is 4.75. The van der Waals surface area contributed by atoms with E-state index in [0.29, 0.717) is 16.8 Å². The van der Waals surface area contributed by atoms with Crippen LogP contribution in [0.2, 0.25) is 0 Å². The van der Waals surface area contributed by atoms with E-state index in [9.17, 15) is 4.79 Å². The number of aryl methyl sites for hydroxylation is 1. The third-order valence-electron chi connectivity index (χ3n) is 3.77. The van der Waals surface area contributed by atoms with Crippen molar-refractivity contribution >= 4 is 23.2 Å². The summed E-state index contributed by atoms with van der Waals surface area (Å²) in [5.74, 6) is 0.997. The van der Waals surface area contributed by atoms with Crippen LogP contribution in [-0.4, -0.2) is 24.2 Å². The molecular weight excluding hydrogens is 322 g/mol. The van der Waals surface area contributed by atoms with Gasteiger partial charge in [0.2, 0.25) is 0 Å². The van der Waals surface area contributed by atoms with E-state index >= 15 is 0 Å². The number of ether oxygens (including phenoxy) is 1. The van der Waals surface area contributed by atoms with Gasteiger partial charge in [-0.25, -0.2) is 0 Å². The van der Waals surface area contributed by atoms with Crippen LogP contribution in [0.15, 0.2) is 24.3 Å². The predicted octanol–water partition coefficient (Wildman–Crippen LogP) is 3.09. The van der Waals surface area contributed by atoms with Crippen LogP contribution in [-0.2, 0) is 4.79 Å². The number of rotatable bonds is 9. The van der Waals surface area contributed by atoms with Crippen LogP contribution in [0.25, 0.3) is 0 Å². The van der Waals surface area contributed by atoms with Gasteiger partial charge in [0.1, 0.15) is 5.75 Å². The fourth-order valence-electron chi connectivity index (χ4n) is 2.24. The second-order valence-electron chi connectivity index (χ2n) is 5.90. The largest absolute Gasteiger partial charge is 0.484 e. The maximum atomic E-state index is 11.8. The Balaban J connectivity index is 2.20. The highest BCUT2D eigenvalue weighted by Gasteiger charge is 2.07. The molecule has 0 aliphatic rings. The number of carbonyl (C=O) groups excluding carboxylic acids is 1. The van der Waals surface area contributed by atoms with Crippen LogP contribution in [0.1, 0.15) is 45.1 Å². The summed E-state index contributed by atoms with van der Waals surface area (Å²) in [7, 11) is 0. The number of amides is 1. The first-order chi connectivity index (χ1) is 11.5. The number of benzene rings is 1. The van der Waals surface area contributed by atoms with Crippen molar-refractivity contribution in [3.05, 3.63) is 29.8 Å². The first-order valence-electron chi connectivity index (χ1n) is 8.57. The highest BCUT2D eigenvalue weighted by atomic mass is 32.1. The minimum absolute atomic E-state index is 0.0623. The number of hydrogen-bond acceptors (Lipinski definition) is 3. The van der Waals surface area contributed by atoms with E-state index in [1.165, 1.54) is 19.3 Å². The SMILES string of the molecule is CCCC[C@@H](CC)CNC(=S)NNC(=O)COc1cccc(C)c1. The minimum atomic E-state index is -0.279. The molecule has 0 aromatic heterocycles. The first kappa shape index (κ1) is 20.2. The van der Waals surface area contributed by atoms with Gasteiger partial charge in [0, 0.05) is 6.54 Å².